The Balaban J connectivity index is 2.05. The van der Waals surface area contributed by atoms with E-state index in [9.17, 15) is 9.18 Å². The number of nitrogens with zero attached hydrogens (tertiary/aromatic N) is 1. The number of carbonyl (C=O) groups is 1. The highest BCUT2D eigenvalue weighted by Crippen LogP contribution is 2.18. The highest BCUT2D eigenvalue weighted by Gasteiger charge is 2.17. The third-order valence-electron chi connectivity index (χ3n) is 3.06. The number of benzene rings is 1. The number of furan rings is 1. The molecule has 0 radical (unpaired) electrons. The van der Waals surface area contributed by atoms with Crippen molar-refractivity contribution < 1.29 is 13.6 Å². The second kappa shape index (κ2) is 6.34. The van der Waals surface area contributed by atoms with Crippen molar-refractivity contribution in [2.24, 2.45) is 0 Å². The first kappa shape index (κ1) is 14.3. The third-order valence-corrected chi connectivity index (χ3v) is 3.06. The van der Waals surface area contributed by atoms with Crippen LogP contribution in [0.2, 0.25) is 0 Å². The molecule has 0 fully saturated rings. The van der Waals surface area contributed by atoms with Crippen molar-refractivity contribution >= 4 is 5.91 Å². The topological polar surface area (TPSA) is 45.5 Å². The molecule has 0 aliphatic carbocycles. The third kappa shape index (κ3) is 3.45. The molecular formula is C15H17FN2O2. The molecule has 1 aromatic carbocycles. The summed E-state index contributed by atoms with van der Waals surface area (Å²) < 4.78 is 18.3. The fourth-order valence-electron chi connectivity index (χ4n) is 2.00. The first-order chi connectivity index (χ1) is 9.58. The molecular weight excluding hydrogens is 259 g/mol. The van der Waals surface area contributed by atoms with Gasteiger partial charge in [0.15, 0.2) is 5.76 Å². The second-order valence-corrected chi connectivity index (χ2v) is 4.72. The molecule has 1 amide bonds. The van der Waals surface area contributed by atoms with E-state index in [1.807, 2.05) is 25.1 Å². The summed E-state index contributed by atoms with van der Waals surface area (Å²) in [6.45, 7) is 0.371. The second-order valence-electron chi connectivity index (χ2n) is 4.72. The van der Waals surface area contributed by atoms with Crippen LogP contribution in [0.5, 0.6) is 0 Å². The van der Waals surface area contributed by atoms with Crippen LogP contribution >= 0.6 is 0 Å². The molecule has 0 aliphatic heterocycles. The summed E-state index contributed by atoms with van der Waals surface area (Å²) in [7, 11) is 3.77. The minimum absolute atomic E-state index is 0.107. The van der Waals surface area contributed by atoms with Gasteiger partial charge in [-0.1, -0.05) is 12.1 Å². The average molecular weight is 276 g/mol. The molecule has 106 valence electrons. The molecule has 1 aromatic heterocycles. The number of hydrogen-bond donors (Lipinski definition) is 1. The summed E-state index contributed by atoms with van der Waals surface area (Å²) in [6.07, 6.45) is 1.45. The lowest BCUT2D eigenvalue weighted by atomic mass is 10.1. The Morgan fingerprint density at radius 3 is 2.75 bits per heavy atom. The Hall–Kier alpha value is -2.14. The standard InChI is InChI=1S/C15H17FN2O2/c1-18(2)13(11-5-3-6-12(16)9-11)10-17-15(19)14-7-4-8-20-14/h3-9,13H,10H2,1-2H3,(H,17,19). The molecule has 0 saturated carbocycles. The van der Waals surface area contributed by atoms with Gasteiger partial charge in [-0.2, -0.15) is 0 Å². The number of amides is 1. The van der Waals surface area contributed by atoms with Crippen LogP contribution < -0.4 is 5.32 Å². The SMILES string of the molecule is CN(C)C(CNC(=O)c1ccco1)c1cccc(F)c1. The zero-order valence-electron chi connectivity index (χ0n) is 11.5. The molecule has 1 unspecified atom stereocenters. The summed E-state index contributed by atoms with van der Waals surface area (Å²) in [6, 6.07) is 9.53. The molecule has 1 N–H and O–H groups in total. The lowest BCUT2D eigenvalue weighted by Gasteiger charge is -2.25. The van der Waals surface area contributed by atoms with Gasteiger partial charge in [0, 0.05) is 6.54 Å². The van der Waals surface area contributed by atoms with Crippen LogP contribution in [0.1, 0.15) is 22.2 Å². The van der Waals surface area contributed by atoms with Gasteiger partial charge in [-0.15, -0.1) is 0 Å². The first-order valence-corrected chi connectivity index (χ1v) is 6.31. The molecule has 2 rings (SSSR count). The number of nitrogens with one attached hydrogen (secondary N) is 1. The maximum absolute atomic E-state index is 13.3. The van der Waals surface area contributed by atoms with Crippen molar-refractivity contribution in [2.45, 2.75) is 6.04 Å². The van der Waals surface area contributed by atoms with E-state index in [0.717, 1.165) is 5.56 Å². The van der Waals surface area contributed by atoms with Crippen LogP contribution in [-0.2, 0) is 0 Å². The minimum atomic E-state index is -0.285. The average Bonchev–Trinajstić information content (AvgIpc) is 2.92. The number of carbonyl (C=O) groups excluding carboxylic acids is 1. The van der Waals surface area contributed by atoms with E-state index in [1.165, 1.54) is 18.4 Å². The zero-order valence-corrected chi connectivity index (χ0v) is 11.5. The number of rotatable bonds is 5. The van der Waals surface area contributed by atoms with E-state index in [2.05, 4.69) is 5.32 Å². The molecule has 20 heavy (non-hydrogen) atoms. The van der Waals surface area contributed by atoms with E-state index in [-0.39, 0.29) is 23.5 Å². The molecule has 1 heterocycles. The number of halogens is 1. The normalized spacial score (nSPS) is 12.4. The number of hydrogen-bond acceptors (Lipinski definition) is 3. The number of likely N-dealkylation sites (N-methyl/N-ethyl adjacent to an activating group) is 1. The van der Waals surface area contributed by atoms with Gasteiger partial charge in [0.05, 0.1) is 12.3 Å². The monoisotopic (exact) mass is 276 g/mol. The van der Waals surface area contributed by atoms with Crippen molar-refractivity contribution in [2.75, 3.05) is 20.6 Å². The molecule has 1 atom stereocenters. The van der Waals surface area contributed by atoms with E-state index in [1.54, 1.807) is 18.2 Å². The van der Waals surface area contributed by atoms with Crippen molar-refractivity contribution in [3.05, 3.63) is 59.8 Å². The summed E-state index contributed by atoms with van der Waals surface area (Å²) in [5.74, 6) is -0.299. The lowest BCUT2D eigenvalue weighted by molar-refractivity contribution is 0.0914. The maximum atomic E-state index is 13.3. The Morgan fingerprint density at radius 1 is 1.35 bits per heavy atom. The van der Waals surface area contributed by atoms with Crippen molar-refractivity contribution in [1.29, 1.82) is 0 Å². The fraction of sp³-hybridized carbons (Fsp3) is 0.267. The van der Waals surface area contributed by atoms with Crippen LogP contribution in [0, 0.1) is 5.82 Å². The van der Waals surface area contributed by atoms with E-state index in [0.29, 0.717) is 6.54 Å². The van der Waals surface area contributed by atoms with Gasteiger partial charge in [0.2, 0.25) is 0 Å². The predicted molar refractivity (Wildman–Crippen MR) is 73.9 cm³/mol. The van der Waals surface area contributed by atoms with Gasteiger partial charge in [-0.3, -0.25) is 4.79 Å². The first-order valence-electron chi connectivity index (χ1n) is 6.31. The van der Waals surface area contributed by atoms with Gasteiger partial charge in [0.1, 0.15) is 5.82 Å². The summed E-state index contributed by atoms with van der Waals surface area (Å²) in [5.41, 5.74) is 0.815. The van der Waals surface area contributed by atoms with Crippen LogP contribution in [0.4, 0.5) is 4.39 Å². The van der Waals surface area contributed by atoms with Gasteiger partial charge >= 0.3 is 0 Å². The molecule has 0 bridgehead atoms. The summed E-state index contributed by atoms with van der Waals surface area (Å²) in [4.78, 5) is 13.8. The Bertz CT molecular complexity index is 567. The predicted octanol–water partition coefficient (Wildman–Crippen LogP) is 2.45. The van der Waals surface area contributed by atoms with Gasteiger partial charge in [-0.25, -0.2) is 4.39 Å². The van der Waals surface area contributed by atoms with Gasteiger partial charge in [0.25, 0.3) is 5.91 Å². The van der Waals surface area contributed by atoms with Crippen LogP contribution in [0.3, 0.4) is 0 Å². The van der Waals surface area contributed by atoms with Crippen LogP contribution in [0.15, 0.2) is 47.1 Å². The Labute approximate surface area is 117 Å². The van der Waals surface area contributed by atoms with Gasteiger partial charge < -0.3 is 14.6 Å². The molecule has 0 saturated heterocycles. The largest absolute Gasteiger partial charge is 0.459 e. The molecule has 0 spiro atoms. The smallest absolute Gasteiger partial charge is 0.287 e. The summed E-state index contributed by atoms with van der Waals surface area (Å²) in [5, 5.41) is 2.79. The van der Waals surface area contributed by atoms with Crippen LogP contribution in [-0.4, -0.2) is 31.4 Å². The van der Waals surface area contributed by atoms with Crippen molar-refractivity contribution in [1.82, 2.24) is 10.2 Å². The Kier molecular flexibility index (Phi) is 4.53. The fourth-order valence-corrected chi connectivity index (χ4v) is 2.00. The maximum Gasteiger partial charge on any atom is 0.287 e. The zero-order chi connectivity index (χ0) is 14.5. The highest BCUT2D eigenvalue weighted by molar-refractivity contribution is 5.91. The molecule has 5 heteroatoms. The van der Waals surface area contributed by atoms with Crippen molar-refractivity contribution in [3.8, 4) is 0 Å². The van der Waals surface area contributed by atoms with Gasteiger partial charge in [-0.05, 0) is 43.9 Å². The quantitative estimate of drug-likeness (QED) is 0.912. The summed E-state index contributed by atoms with van der Waals surface area (Å²) >= 11 is 0. The Morgan fingerprint density at radius 2 is 2.15 bits per heavy atom. The highest BCUT2D eigenvalue weighted by atomic mass is 19.1. The lowest BCUT2D eigenvalue weighted by Crippen LogP contribution is -2.34. The van der Waals surface area contributed by atoms with Crippen LogP contribution in [0.25, 0.3) is 0 Å². The van der Waals surface area contributed by atoms with E-state index < -0.39 is 0 Å². The van der Waals surface area contributed by atoms with E-state index >= 15 is 0 Å². The van der Waals surface area contributed by atoms with E-state index in [4.69, 9.17) is 4.42 Å². The minimum Gasteiger partial charge on any atom is -0.459 e. The molecule has 2 aromatic rings. The molecule has 4 nitrogen and oxygen atoms in total. The van der Waals surface area contributed by atoms with Crippen molar-refractivity contribution in [3.63, 3.8) is 0 Å². The molecule has 0 aliphatic rings.